The van der Waals surface area contributed by atoms with Crippen molar-refractivity contribution in [3.63, 3.8) is 0 Å². The third-order valence-electron chi connectivity index (χ3n) is 1.95. The standard InChI is InChI=1S/C10H16N4O2/c1-5-16-9(3)11-13(4)10-8(2)6-7-14(15)12-10/h6-7H,5H2,1-4H3/b11-9-. The molecular weight excluding hydrogens is 208 g/mol. The van der Waals surface area contributed by atoms with Gasteiger partial charge in [0.05, 0.1) is 6.61 Å². The molecule has 0 saturated heterocycles. The van der Waals surface area contributed by atoms with Crippen molar-refractivity contribution < 1.29 is 9.58 Å². The molecule has 1 aromatic heterocycles. The van der Waals surface area contributed by atoms with Crippen LogP contribution in [0.1, 0.15) is 19.4 Å². The van der Waals surface area contributed by atoms with Gasteiger partial charge >= 0.3 is 0 Å². The summed E-state index contributed by atoms with van der Waals surface area (Å²) in [5.74, 6) is 1.05. The van der Waals surface area contributed by atoms with Gasteiger partial charge in [0.15, 0.2) is 0 Å². The number of rotatable bonds is 3. The van der Waals surface area contributed by atoms with E-state index in [0.29, 0.717) is 23.2 Å². The smallest absolute Gasteiger partial charge is 0.221 e. The van der Waals surface area contributed by atoms with Crippen molar-refractivity contribution >= 4 is 11.7 Å². The molecule has 6 nitrogen and oxygen atoms in total. The molecule has 1 aromatic rings. The summed E-state index contributed by atoms with van der Waals surface area (Å²) in [7, 11) is 1.72. The number of aryl methyl sites for hydroxylation is 1. The molecule has 0 atom stereocenters. The second-order valence-corrected chi connectivity index (χ2v) is 3.30. The topological polar surface area (TPSA) is 64.7 Å². The number of aromatic nitrogens is 2. The molecule has 0 bridgehead atoms. The molecule has 0 unspecified atom stereocenters. The summed E-state index contributed by atoms with van der Waals surface area (Å²) in [5.41, 5.74) is 0.877. The first-order valence-electron chi connectivity index (χ1n) is 5.03. The van der Waals surface area contributed by atoms with E-state index in [1.807, 2.05) is 13.8 Å². The Labute approximate surface area is 94.7 Å². The zero-order valence-electron chi connectivity index (χ0n) is 9.97. The molecular formula is C10H16N4O2. The van der Waals surface area contributed by atoms with E-state index in [2.05, 4.69) is 10.2 Å². The third kappa shape index (κ3) is 3.08. The minimum Gasteiger partial charge on any atom is -0.594 e. The number of ether oxygens (including phenoxy) is 1. The normalized spacial score (nSPS) is 11.4. The van der Waals surface area contributed by atoms with Crippen LogP contribution in [0, 0.1) is 12.1 Å². The molecule has 88 valence electrons. The molecule has 0 saturated carbocycles. The molecule has 0 aliphatic rings. The predicted molar refractivity (Wildman–Crippen MR) is 61.1 cm³/mol. The van der Waals surface area contributed by atoms with Crippen molar-refractivity contribution in [2.24, 2.45) is 5.10 Å². The molecule has 0 amide bonds. The van der Waals surface area contributed by atoms with Crippen molar-refractivity contribution in [2.75, 3.05) is 18.7 Å². The van der Waals surface area contributed by atoms with Gasteiger partial charge in [0.2, 0.25) is 17.9 Å². The Balaban J connectivity index is 2.91. The summed E-state index contributed by atoms with van der Waals surface area (Å²) in [4.78, 5) is 0.504. The molecule has 0 aliphatic carbocycles. The Kier molecular flexibility index (Phi) is 4.04. The van der Waals surface area contributed by atoms with E-state index in [0.717, 1.165) is 5.56 Å². The highest BCUT2D eigenvalue weighted by Gasteiger charge is 2.10. The monoisotopic (exact) mass is 224 g/mol. The summed E-state index contributed by atoms with van der Waals surface area (Å²) in [6.45, 7) is 6.07. The molecule has 0 aromatic carbocycles. The van der Waals surface area contributed by atoms with Crippen LogP contribution in [0.15, 0.2) is 17.4 Å². The number of anilines is 1. The van der Waals surface area contributed by atoms with Gasteiger partial charge in [-0.15, -0.1) is 5.10 Å². The van der Waals surface area contributed by atoms with Crippen LogP contribution in [0.2, 0.25) is 0 Å². The van der Waals surface area contributed by atoms with Gasteiger partial charge in [0.1, 0.15) is 0 Å². The fourth-order valence-corrected chi connectivity index (χ4v) is 1.27. The van der Waals surface area contributed by atoms with Gasteiger partial charge < -0.3 is 9.94 Å². The Morgan fingerprint density at radius 1 is 1.69 bits per heavy atom. The molecule has 0 radical (unpaired) electrons. The maximum atomic E-state index is 11.1. The van der Waals surface area contributed by atoms with E-state index in [1.54, 1.807) is 20.0 Å². The quantitative estimate of drug-likeness (QED) is 0.251. The van der Waals surface area contributed by atoms with E-state index in [9.17, 15) is 5.21 Å². The molecule has 6 heteroatoms. The second-order valence-electron chi connectivity index (χ2n) is 3.30. The van der Waals surface area contributed by atoms with Crippen molar-refractivity contribution in [1.82, 2.24) is 5.10 Å². The zero-order valence-corrected chi connectivity index (χ0v) is 9.97. The molecule has 0 N–H and O–H groups in total. The average molecular weight is 224 g/mol. The molecule has 1 heterocycles. The molecule has 0 fully saturated rings. The van der Waals surface area contributed by atoms with E-state index in [-0.39, 0.29) is 0 Å². The summed E-state index contributed by atoms with van der Waals surface area (Å²) in [6, 6.07) is 1.69. The lowest BCUT2D eigenvalue weighted by atomic mass is 10.3. The lowest BCUT2D eigenvalue weighted by molar-refractivity contribution is -0.668. The van der Waals surface area contributed by atoms with Gasteiger partial charge in [-0.1, -0.05) is 4.85 Å². The second kappa shape index (κ2) is 5.29. The SMILES string of the molecule is CCO/C(C)=N\N(C)c1n[n+]([O-])ccc1C. The van der Waals surface area contributed by atoms with Crippen molar-refractivity contribution in [1.29, 1.82) is 0 Å². The molecule has 1 rings (SSSR count). The highest BCUT2D eigenvalue weighted by atomic mass is 16.5. The zero-order chi connectivity index (χ0) is 12.1. The first-order valence-corrected chi connectivity index (χ1v) is 5.03. The predicted octanol–water partition coefficient (Wildman–Crippen LogP) is 0.830. The third-order valence-corrected chi connectivity index (χ3v) is 1.95. The van der Waals surface area contributed by atoms with Gasteiger partial charge in [0.25, 0.3) is 0 Å². The molecule has 0 aliphatic heterocycles. The van der Waals surface area contributed by atoms with E-state index in [1.165, 1.54) is 11.2 Å². The molecule has 16 heavy (non-hydrogen) atoms. The maximum absolute atomic E-state index is 11.1. The van der Waals surface area contributed by atoms with E-state index in [4.69, 9.17) is 4.74 Å². The summed E-state index contributed by atoms with van der Waals surface area (Å²) >= 11 is 0. The minimum atomic E-state index is 0.504. The van der Waals surface area contributed by atoms with Crippen LogP contribution in [-0.4, -0.2) is 24.7 Å². The van der Waals surface area contributed by atoms with Gasteiger partial charge in [-0.3, -0.25) is 0 Å². The van der Waals surface area contributed by atoms with Crippen molar-refractivity contribution in [2.45, 2.75) is 20.8 Å². The number of hydrazone groups is 1. The fourth-order valence-electron chi connectivity index (χ4n) is 1.27. The minimum absolute atomic E-state index is 0.504. The van der Waals surface area contributed by atoms with Crippen molar-refractivity contribution in [3.05, 3.63) is 23.0 Å². The highest BCUT2D eigenvalue weighted by molar-refractivity contribution is 5.74. The Hall–Kier alpha value is -1.85. The van der Waals surface area contributed by atoms with Crippen LogP contribution in [0.3, 0.4) is 0 Å². The van der Waals surface area contributed by atoms with Crippen LogP contribution in [0.4, 0.5) is 5.82 Å². The largest absolute Gasteiger partial charge is 0.594 e. The summed E-state index contributed by atoms with van der Waals surface area (Å²) in [6.07, 6.45) is 1.35. The molecule has 0 spiro atoms. The highest BCUT2D eigenvalue weighted by Crippen LogP contribution is 2.12. The summed E-state index contributed by atoms with van der Waals surface area (Å²) in [5, 5.41) is 20.5. The van der Waals surface area contributed by atoms with Crippen LogP contribution in [-0.2, 0) is 4.74 Å². The van der Waals surface area contributed by atoms with Gasteiger partial charge in [-0.05, 0) is 13.8 Å². The fraction of sp³-hybridized carbons (Fsp3) is 0.500. The first-order chi connectivity index (χ1) is 7.54. The number of nitrogens with zero attached hydrogens (tertiary/aromatic N) is 4. The maximum Gasteiger partial charge on any atom is 0.221 e. The Bertz CT molecular complexity index is 392. The number of hydrogen-bond acceptors (Lipinski definition) is 5. The van der Waals surface area contributed by atoms with Gasteiger partial charge in [0, 0.05) is 30.7 Å². The summed E-state index contributed by atoms with van der Waals surface area (Å²) < 4.78 is 5.20. The lowest BCUT2D eigenvalue weighted by Crippen LogP contribution is -2.33. The van der Waals surface area contributed by atoms with Gasteiger partial charge in [-0.2, -0.15) is 0 Å². The van der Waals surface area contributed by atoms with Crippen LogP contribution in [0.5, 0.6) is 0 Å². The number of hydrogen-bond donors (Lipinski definition) is 0. The van der Waals surface area contributed by atoms with E-state index < -0.39 is 0 Å². The van der Waals surface area contributed by atoms with Crippen LogP contribution in [0.25, 0.3) is 0 Å². The lowest BCUT2D eigenvalue weighted by Gasteiger charge is -2.13. The van der Waals surface area contributed by atoms with Crippen LogP contribution < -0.4 is 9.85 Å². The van der Waals surface area contributed by atoms with Gasteiger partial charge in [-0.25, -0.2) is 5.01 Å². The van der Waals surface area contributed by atoms with E-state index >= 15 is 0 Å². The van der Waals surface area contributed by atoms with Crippen LogP contribution >= 0.6 is 0 Å². The Morgan fingerprint density at radius 3 is 3.00 bits per heavy atom. The average Bonchev–Trinajstić information content (AvgIpc) is 2.21. The van der Waals surface area contributed by atoms with Crippen molar-refractivity contribution in [3.8, 4) is 0 Å². The first kappa shape index (κ1) is 12.2. The Morgan fingerprint density at radius 2 is 2.38 bits per heavy atom.